The summed E-state index contributed by atoms with van der Waals surface area (Å²) in [7, 11) is 0. The molecule has 0 atom stereocenters. The van der Waals surface area contributed by atoms with E-state index in [9.17, 15) is 14.4 Å². The highest BCUT2D eigenvalue weighted by atomic mass is 35.5. The van der Waals surface area contributed by atoms with Crippen LogP contribution in [-0.2, 0) is 17.9 Å². The van der Waals surface area contributed by atoms with E-state index in [-0.39, 0.29) is 61.0 Å². The molecule has 1 aromatic carbocycles. The van der Waals surface area contributed by atoms with E-state index < -0.39 is 0 Å². The molecule has 3 aromatic rings. The Labute approximate surface area is 215 Å². The van der Waals surface area contributed by atoms with Crippen molar-refractivity contribution in [2.24, 2.45) is 5.73 Å². The molecule has 1 amide bonds. The van der Waals surface area contributed by atoms with Crippen LogP contribution in [0.1, 0.15) is 26.7 Å². The lowest BCUT2D eigenvalue weighted by molar-refractivity contribution is -0.123. The van der Waals surface area contributed by atoms with E-state index in [1.807, 2.05) is 13.8 Å². The Hall–Kier alpha value is -2.53. The van der Waals surface area contributed by atoms with Gasteiger partial charge in [-0.25, -0.2) is 9.78 Å². The molecule has 0 aliphatic carbocycles. The van der Waals surface area contributed by atoms with Crippen LogP contribution in [0.25, 0.3) is 22.6 Å². The van der Waals surface area contributed by atoms with Crippen molar-refractivity contribution < 1.29 is 9.53 Å². The molecule has 3 rings (SSSR count). The van der Waals surface area contributed by atoms with Gasteiger partial charge in [0.1, 0.15) is 17.1 Å². The number of aromatic amines is 1. The van der Waals surface area contributed by atoms with E-state index in [0.29, 0.717) is 55.3 Å². The van der Waals surface area contributed by atoms with Gasteiger partial charge in [0.15, 0.2) is 12.3 Å². The average Bonchev–Trinajstić information content (AvgIpc) is 3.22. The summed E-state index contributed by atoms with van der Waals surface area (Å²) in [5.41, 5.74) is 6.05. The predicted molar refractivity (Wildman–Crippen MR) is 140 cm³/mol. The molecule has 0 saturated heterocycles. The molecule has 0 radical (unpaired) electrons. The summed E-state index contributed by atoms with van der Waals surface area (Å²) in [4.78, 5) is 44.8. The highest BCUT2D eigenvalue weighted by Gasteiger charge is 2.17. The zero-order chi connectivity index (χ0) is 22.4. The number of imidazole rings is 1. The number of nitrogens with zero attached hydrogens (tertiary/aromatic N) is 3. The van der Waals surface area contributed by atoms with Crippen molar-refractivity contribution in [2.75, 3.05) is 19.7 Å². The number of carbonyl (C=O) groups is 1. The maximum Gasteiger partial charge on any atom is 0.332 e. The summed E-state index contributed by atoms with van der Waals surface area (Å²) in [6, 6.07) is 6.98. The number of H-pyrrole nitrogens is 1. The number of nitrogens with two attached hydrogens (primary N) is 1. The number of rotatable bonds is 10. The third-order valence-corrected chi connectivity index (χ3v) is 4.72. The van der Waals surface area contributed by atoms with Gasteiger partial charge < -0.3 is 20.8 Å². The molecule has 13 heteroatoms. The summed E-state index contributed by atoms with van der Waals surface area (Å²) in [5, 5.41) is 2.63. The lowest BCUT2D eigenvalue weighted by Gasteiger charge is -2.09. The first-order chi connectivity index (χ1) is 15.0. The molecule has 4 N–H and O–H groups in total. The fraction of sp³-hybridized carbons (Fsp3) is 0.429. The zero-order valence-electron chi connectivity index (χ0n) is 19.0. The first-order valence-corrected chi connectivity index (χ1v) is 10.4. The summed E-state index contributed by atoms with van der Waals surface area (Å²) in [6.45, 7) is 5.38. The largest absolute Gasteiger partial charge is 0.484 e. The van der Waals surface area contributed by atoms with Crippen LogP contribution in [0.3, 0.4) is 0 Å². The van der Waals surface area contributed by atoms with Gasteiger partial charge in [0.25, 0.3) is 11.5 Å². The molecule has 190 valence electrons. The minimum Gasteiger partial charge on any atom is -0.484 e. The van der Waals surface area contributed by atoms with Crippen LogP contribution < -0.4 is 27.0 Å². The Balaban J connectivity index is 0.00000363. The summed E-state index contributed by atoms with van der Waals surface area (Å²) in [6.07, 6.45) is 1.42. The maximum atomic E-state index is 12.8. The molecule has 34 heavy (non-hydrogen) atoms. The van der Waals surface area contributed by atoms with Crippen LogP contribution in [0.5, 0.6) is 5.75 Å². The molecule has 0 aliphatic heterocycles. The molecular formula is C21H31Cl3N6O4. The summed E-state index contributed by atoms with van der Waals surface area (Å²) in [5.74, 6) is 0.762. The minimum atomic E-state index is -0.364. The molecule has 0 fully saturated rings. The SMILES string of the molecule is CCCn1c(=O)c2[nH]c(-c3ccc(OCC(=O)NCCN)cc3)nc2n(CCC)c1=O.Cl.Cl.Cl. The van der Waals surface area contributed by atoms with Gasteiger partial charge in [-0.15, -0.1) is 37.2 Å². The van der Waals surface area contributed by atoms with Crippen molar-refractivity contribution in [3.05, 3.63) is 45.1 Å². The van der Waals surface area contributed by atoms with Crippen molar-refractivity contribution in [1.29, 1.82) is 0 Å². The van der Waals surface area contributed by atoms with Crippen LogP contribution >= 0.6 is 37.2 Å². The number of hydrogen-bond acceptors (Lipinski definition) is 6. The Morgan fingerprint density at radius 2 is 1.68 bits per heavy atom. The number of carbonyl (C=O) groups excluding carboxylic acids is 1. The second kappa shape index (κ2) is 14.7. The average molecular weight is 538 g/mol. The molecule has 10 nitrogen and oxygen atoms in total. The Bertz CT molecular complexity index is 1170. The molecule has 0 aliphatic rings. The van der Waals surface area contributed by atoms with E-state index in [2.05, 4.69) is 15.3 Å². The van der Waals surface area contributed by atoms with Crippen LogP contribution in [0.4, 0.5) is 0 Å². The van der Waals surface area contributed by atoms with Crippen molar-refractivity contribution in [3.63, 3.8) is 0 Å². The van der Waals surface area contributed by atoms with Crippen molar-refractivity contribution in [1.82, 2.24) is 24.4 Å². The number of fused-ring (bicyclic) bond motifs is 1. The monoisotopic (exact) mass is 536 g/mol. The number of halogens is 3. The van der Waals surface area contributed by atoms with E-state index >= 15 is 0 Å². The summed E-state index contributed by atoms with van der Waals surface area (Å²) >= 11 is 0. The third-order valence-electron chi connectivity index (χ3n) is 4.72. The van der Waals surface area contributed by atoms with Crippen LogP contribution in [-0.4, -0.2) is 44.7 Å². The first kappa shape index (κ1) is 31.5. The van der Waals surface area contributed by atoms with E-state index in [1.54, 1.807) is 28.8 Å². The second-order valence-electron chi connectivity index (χ2n) is 7.13. The van der Waals surface area contributed by atoms with Gasteiger partial charge in [0, 0.05) is 31.7 Å². The number of nitrogens with one attached hydrogen (secondary N) is 2. The standard InChI is InChI=1S/C21H28N6O4.3ClH/c1-3-11-26-19-17(20(29)27(12-4-2)21(26)30)24-18(25-19)14-5-7-15(8-6-14)31-13-16(28)23-10-9-22;;;/h5-8H,3-4,9-13,22H2,1-2H3,(H,23,28)(H,24,25);3*1H. The van der Waals surface area contributed by atoms with Crippen molar-refractivity contribution >= 4 is 54.3 Å². The van der Waals surface area contributed by atoms with Gasteiger partial charge in [-0.2, -0.15) is 0 Å². The van der Waals surface area contributed by atoms with E-state index in [0.717, 1.165) is 12.0 Å². The maximum absolute atomic E-state index is 12.8. The molecule has 0 saturated carbocycles. The normalized spacial score (nSPS) is 10.1. The number of ether oxygens (including phenoxy) is 1. The molecule has 0 unspecified atom stereocenters. The highest BCUT2D eigenvalue weighted by molar-refractivity contribution is 5.86. The fourth-order valence-corrected chi connectivity index (χ4v) is 3.27. The van der Waals surface area contributed by atoms with E-state index in [1.165, 1.54) is 4.57 Å². The van der Waals surface area contributed by atoms with Crippen LogP contribution in [0.2, 0.25) is 0 Å². The number of benzene rings is 1. The summed E-state index contributed by atoms with van der Waals surface area (Å²) < 4.78 is 8.26. The minimum absolute atomic E-state index is 0. The Kier molecular flexibility index (Phi) is 13.6. The van der Waals surface area contributed by atoms with Gasteiger partial charge in [0.2, 0.25) is 0 Å². The lowest BCUT2D eigenvalue weighted by atomic mass is 10.2. The Morgan fingerprint density at radius 1 is 1.06 bits per heavy atom. The zero-order valence-corrected chi connectivity index (χ0v) is 21.5. The molecular weight excluding hydrogens is 507 g/mol. The van der Waals surface area contributed by atoms with Crippen LogP contribution in [0, 0.1) is 0 Å². The smallest absolute Gasteiger partial charge is 0.332 e. The van der Waals surface area contributed by atoms with Gasteiger partial charge in [-0.3, -0.25) is 18.7 Å². The number of amides is 1. The second-order valence-corrected chi connectivity index (χ2v) is 7.13. The van der Waals surface area contributed by atoms with Gasteiger partial charge in [-0.05, 0) is 37.1 Å². The molecule has 0 spiro atoms. The first-order valence-electron chi connectivity index (χ1n) is 10.4. The quantitative estimate of drug-likeness (QED) is 0.362. The molecule has 2 heterocycles. The van der Waals surface area contributed by atoms with Crippen molar-refractivity contribution in [3.8, 4) is 17.1 Å². The number of hydrogen-bond donors (Lipinski definition) is 3. The predicted octanol–water partition coefficient (Wildman–Crippen LogP) is 2.09. The highest BCUT2D eigenvalue weighted by Crippen LogP contribution is 2.21. The van der Waals surface area contributed by atoms with E-state index in [4.69, 9.17) is 10.5 Å². The number of aromatic nitrogens is 4. The topological polar surface area (TPSA) is 137 Å². The van der Waals surface area contributed by atoms with Gasteiger partial charge in [-0.1, -0.05) is 13.8 Å². The van der Waals surface area contributed by atoms with Gasteiger partial charge >= 0.3 is 5.69 Å². The number of aryl methyl sites for hydroxylation is 1. The molecule has 0 bridgehead atoms. The van der Waals surface area contributed by atoms with Crippen LogP contribution in [0.15, 0.2) is 33.9 Å². The fourth-order valence-electron chi connectivity index (χ4n) is 3.27. The van der Waals surface area contributed by atoms with Crippen molar-refractivity contribution in [2.45, 2.75) is 39.8 Å². The van der Waals surface area contributed by atoms with Gasteiger partial charge in [0.05, 0.1) is 0 Å². The Morgan fingerprint density at radius 3 is 2.26 bits per heavy atom. The third kappa shape index (κ3) is 6.99. The molecule has 2 aromatic heterocycles. The lowest BCUT2D eigenvalue weighted by Crippen LogP contribution is -2.40.